The van der Waals surface area contributed by atoms with Gasteiger partial charge in [-0.25, -0.2) is 8.42 Å². The highest BCUT2D eigenvalue weighted by molar-refractivity contribution is 7.92. The molecule has 0 saturated carbocycles. The molecule has 0 unspecified atom stereocenters. The lowest BCUT2D eigenvalue weighted by Gasteiger charge is -2.23. The van der Waals surface area contributed by atoms with Crippen LogP contribution in [0.5, 0.6) is 0 Å². The van der Waals surface area contributed by atoms with Crippen molar-refractivity contribution in [1.29, 1.82) is 5.26 Å². The molecule has 98 valence electrons. The first-order chi connectivity index (χ1) is 8.17. The summed E-state index contributed by atoms with van der Waals surface area (Å²) in [6.45, 7) is 3.47. The highest BCUT2D eigenvalue weighted by atomic mass is 35.5. The average Bonchev–Trinajstić information content (AvgIpc) is 2.25. The van der Waals surface area contributed by atoms with Crippen molar-refractivity contribution in [2.24, 2.45) is 0 Å². The van der Waals surface area contributed by atoms with E-state index in [2.05, 4.69) is 5.32 Å². The first-order valence-electron chi connectivity index (χ1n) is 5.30. The van der Waals surface area contributed by atoms with Crippen molar-refractivity contribution in [3.8, 4) is 6.07 Å². The highest BCUT2D eigenvalue weighted by Gasteiger charge is 2.30. The number of anilines is 1. The Hall–Kier alpha value is -1.25. The number of hydrogen-bond donors (Lipinski definition) is 1. The van der Waals surface area contributed by atoms with Gasteiger partial charge in [-0.1, -0.05) is 11.6 Å². The minimum absolute atomic E-state index is 0.209. The lowest BCUT2D eigenvalue weighted by atomic mass is 10.1. The predicted molar refractivity (Wildman–Crippen MR) is 73.6 cm³/mol. The monoisotopic (exact) mass is 286 g/mol. The first kappa shape index (κ1) is 14.8. The Labute approximate surface area is 112 Å². The van der Waals surface area contributed by atoms with Crippen LogP contribution >= 0.6 is 11.6 Å². The van der Waals surface area contributed by atoms with E-state index < -0.39 is 14.6 Å². The summed E-state index contributed by atoms with van der Waals surface area (Å²) in [5.41, 5.74) is 0.977. The van der Waals surface area contributed by atoms with E-state index in [1.54, 1.807) is 32.0 Å². The highest BCUT2D eigenvalue weighted by Crippen LogP contribution is 2.22. The molecule has 0 saturated heterocycles. The molecule has 1 rings (SSSR count). The summed E-state index contributed by atoms with van der Waals surface area (Å²) < 4.78 is 22.2. The number of nitrogens with zero attached hydrogens (tertiary/aromatic N) is 1. The molecule has 6 heteroatoms. The topological polar surface area (TPSA) is 70.0 Å². The molecule has 1 N–H and O–H groups in total. The fourth-order valence-corrected chi connectivity index (χ4v) is 1.71. The number of benzene rings is 1. The van der Waals surface area contributed by atoms with Gasteiger partial charge in [-0.15, -0.1) is 0 Å². The van der Waals surface area contributed by atoms with Crippen LogP contribution in [0.1, 0.15) is 19.4 Å². The van der Waals surface area contributed by atoms with E-state index in [1.807, 2.05) is 6.07 Å². The Morgan fingerprint density at radius 1 is 1.44 bits per heavy atom. The molecule has 4 nitrogen and oxygen atoms in total. The van der Waals surface area contributed by atoms with Gasteiger partial charge < -0.3 is 5.32 Å². The third kappa shape index (κ3) is 3.37. The molecule has 0 aliphatic carbocycles. The molecule has 0 aliphatic rings. The zero-order valence-electron chi connectivity index (χ0n) is 10.5. The zero-order chi connectivity index (χ0) is 14.0. The molecule has 0 aliphatic heterocycles. The van der Waals surface area contributed by atoms with Crippen molar-refractivity contribution in [3.63, 3.8) is 0 Å². The van der Waals surface area contributed by atoms with Gasteiger partial charge >= 0.3 is 0 Å². The minimum atomic E-state index is -3.18. The van der Waals surface area contributed by atoms with Crippen LogP contribution in [0.2, 0.25) is 5.02 Å². The van der Waals surface area contributed by atoms with Gasteiger partial charge in [0.15, 0.2) is 9.84 Å². The molecule has 0 heterocycles. The molecule has 0 spiro atoms. The quantitative estimate of drug-likeness (QED) is 0.923. The third-order valence-electron chi connectivity index (χ3n) is 2.81. The molecule has 0 radical (unpaired) electrons. The zero-order valence-corrected chi connectivity index (χ0v) is 12.1. The van der Waals surface area contributed by atoms with Crippen molar-refractivity contribution in [2.75, 3.05) is 18.1 Å². The summed E-state index contributed by atoms with van der Waals surface area (Å²) in [6, 6.07) is 6.85. The van der Waals surface area contributed by atoms with Gasteiger partial charge in [-0.2, -0.15) is 5.26 Å². The van der Waals surface area contributed by atoms with Gasteiger partial charge in [-0.05, 0) is 32.0 Å². The fourth-order valence-electron chi connectivity index (χ4n) is 1.20. The summed E-state index contributed by atoms with van der Waals surface area (Å²) >= 11 is 5.85. The third-order valence-corrected chi connectivity index (χ3v) is 5.20. The normalized spacial score (nSPS) is 11.9. The van der Waals surface area contributed by atoms with E-state index in [0.29, 0.717) is 16.3 Å². The summed E-state index contributed by atoms with van der Waals surface area (Å²) in [7, 11) is -3.18. The van der Waals surface area contributed by atoms with Gasteiger partial charge in [-0.3, -0.25) is 0 Å². The molecule has 18 heavy (non-hydrogen) atoms. The molecule has 0 fully saturated rings. The van der Waals surface area contributed by atoms with Crippen LogP contribution in [0, 0.1) is 11.3 Å². The van der Waals surface area contributed by atoms with Crippen LogP contribution in [0.15, 0.2) is 18.2 Å². The van der Waals surface area contributed by atoms with Crippen molar-refractivity contribution in [2.45, 2.75) is 18.6 Å². The van der Waals surface area contributed by atoms with Gasteiger partial charge in [0, 0.05) is 17.8 Å². The van der Waals surface area contributed by atoms with Gasteiger partial charge in [0.05, 0.1) is 16.0 Å². The second-order valence-corrected chi connectivity index (χ2v) is 7.77. The van der Waals surface area contributed by atoms with E-state index in [9.17, 15) is 8.42 Å². The van der Waals surface area contributed by atoms with Crippen molar-refractivity contribution in [1.82, 2.24) is 0 Å². The van der Waals surface area contributed by atoms with Crippen LogP contribution in [-0.4, -0.2) is 26.0 Å². The fraction of sp³-hybridized carbons (Fsp3) is 0.417. The smallest absolute Gasteiger partial charge is 0.154 e. The van der Waals surface area contributed by atoms with Crippen molar-refractivity contribution < 1.29 is 8.42 Å². The molecular weight excluding hydrogens is 272 g/mol. The maximum absolute atomic E-state index is 11.6. The number of halogens is 1. The number of nitriles is 1. The SMILES string of the molecule is CC(C)(CNc1cc(Cl)ccc1C#N)S(C)(=O)=O. The molecule has 0 amide bonds. The van der Waals surface area contributed by atoms with Crippen LogP contribution in [0.3, 0.4) is 0 Å². The largest absolute Gasteiger partial charge is 0.382 e. The van der Waals surface area contributed by atoms with Gasteiger partial charge in [0.1, 0.15) is 6.07 Å². The number of rotatable bonds is 4. The molecule has 0 atom stereocenters. The molecular formula is C12H15ClN2O2S. The van der Waals surface area contributed by atoms with Gasteiger partial charge in [0.2, 0.25) is 0 Å². The summed E-state index contributed by atoms with van der Waals surface area (Å²) in [5, 5.41) is 12.4. The summed E-state index contributed by atoms with van der Waals surface area (Å²) in [4.78, 5) is 0. The minimum Gasteiger partial charge on any atom is -0.382 e. The second-order valence-electron chi connectivity index (χ2n) is 4.69. The van der Waals surface area contributed by atoms with Crippen LogP contribution in [-0.2, 0) is 9.84 Å². The number of nitrogens with one attached hydrogen (secondary N) is 1. The molecule has 1 aromatic rings. The van der Waals surface area contributed by atoms with E-state index in [1.165, 1.54) is 6.26 Å². The Balaban J connectivity index is 2.95. The molecule has 1 aromatic carbocycles. The Bertz CT molecular complexity index is 589. The predicted octanol–water partition coefficient (Wildman–Crippen LogP) is 2.45. The summed E-state index contributed by atoms with van der Waals surface area (Å²) in [6.07, 6.45) is 1.19. The Kier molecular flexibility index (Phi) is 4.25. The average molecular weight is 287 g/mol. The van der Waals surface area contributed by atoms with Crippen LogP contribution in [0.4, 0.5) is 5.69 Å². The van der Waals surface area contributed by atoms with E-state index >= 15 is 0 Å². The van der Waals surface area contributed by atoms with E-state index in [0.717, 1.165) is 0 Å². The van der Waals surface area contributed by atoms with Crippen molar-refractivity contribution >= 4 is 27.1 Å². The lowest BCUT2D eigenvalue weighted by Crippen LogP contribution is -2.38. The summed E-state index contributed by atoms with van der Waals surface area (Å²) in [5.74, 6) is 0. The lowest BCUT2D eigenvalue weighted by molar-refractivity contribution is 0.560. The van der Waals surface area contributed by atoms with E-state index in [-0.39, 0.29) is 6.54 Å². The number of sulfone groups is 1. The molecule has 0 aromatic heterocycles. The maximum Gasteiger partial charge on any atom is 0.154 e. The molecule has 0 bridgehead atoms. The maximum atomic E-state index is 11.6. The second kappa shape index (κ2) is 5.17. The van der Waals surface area contributed by atoms with Crippen molar-refractivity contribution in [3.05, 3.63) is 28.8 Å². The Morgan fingerprint density at radius 2 is 2.06 bits per heavy atom. The van der Waals surface area contributed by atoms with Crippen LogP contribution < -0.4 is 5.32 Å². The van der Waals surface area contributed by atoms with Gasteiger partial charge in [0.25, 0.3) is 0 Å². The Morgan fingerprint density at radius 3 is 2.56 bits per heavy atom. The van der Waals surface area contributed by atoms with E-state index in [4.69, 9.17) is 16.9 Å². The first-order valence-corrected chi connectivity index (χ1v) is 7.57. The standard InChI is InChI=1S/C12H15ClN2O2S/c1-12(2,18(3,16)17)8-15-11-6-10(13)5-4-9(11)7-14/h4-6,15H,8H2,1-3H3. The number of hydrogen-bond acceptors (Lipinski definition) is 4. The van der Waals surface area contributed by atoms with Crippen LogP contribution in [0.25, 0.3) is 0 Å².